The Bertz CT molecular complexity index is 532. The number of benzene rings is 1. The molecule has 2 N–H and O–H groups in total. The molecule has 2 rings (SSSR count). The first-order valence-corrected chi connectivity index (χ1v) is 4.54. The predicted octanol–water partition coefficient (Wildman–Crippen LogP) is 2.11. The Labute approximate surface area is 90.3 Å². The summed E-state index contributed by atoms with van der Waals surface area (Å²) in [5, 5.41) is 15.9. The molecular formula is C9H8N2O3S. The number of hydrogen-bond donors (Lipinski definition) is 2. The summed E-state index contributed by atoms with van der Waals surface area (Å²) in [5.74, 6) is 0.838. The number of phenolic OH excluding ortho intramolecular Hbond substituents is 1. The average molecular weight is 224 g/mol. The summed E-state index contributed by atoms with van der Waals surface area (Å²) < 4.78 is 10.0. The molecule has 1 heterocycles. The Kier molecular flexibility index (Phi) is 2.42. The normalized spacial score (nSPS) is 10.2. The van der Waals surface area contributed by atoms with Gasteiger partial charge in [-0.2, -0.15) is 0 Å². The number of nitrogens with one attached hydrogen (secondary N) is 1. The van der Waals surface area contributed by atoms with Crippen LogP contribution in [0.5, 0.6) is 11.5 Å². The maximum absolute atomic E-state index is 9.66. The van der Waals surface area contributed by atoms with E-state index in [0.29, 0.717) is 11.3 Å². The highest BCUT2D eigenvalue weighted by Crippen LogP contribution is 2.30. The second-order valence-corrected chi connectivity index (χ2v) is 3.17. The fourth-order valence-corrected chi connectivity index (χ4v) is 1.29. The minimum atomic E-state index is 0.0274. The van der Waals surface area contributed by atoms with E-state index >= 15 is 0 Å². The molecule has 0 aliphatic carbocycles. The molecule has 0 saturated carbocycles. The van der Waals surface area contributed by atoms with E-state index in [1.807, 2.05) is 0 Å². The molecule has 6 heteroatoms. The molecule has 0 atom stereocenters. The molecule has 78 valence electrons. The number of nitrogens with zero attached hydrogens (tertiary/aromatic N) is 1. The van der Waals surface area contributed by atoms with Crippen LogP contribution in [-0.4, -0.2) is 22.4 Å². The summed E-state index contributed by atoms with van der Waals surface area (Å²) in [4.78, 5) is 0.167. The van der Waals surface area contributed by atoms with E-state index in [2.05, 4.69) is 10.2 Å². The van der Waals surface area contributed by atoms with Crippen molar-refractivity contribution in [2.75, 3.05) is 7.11 Å². The van der Waals surface area contributed by atoms with Gasteiger partial charge in [0, 0.05) is 6.07 Å². The van der Waals surface area contributed by atoms with Crippen molar-refractivity contribution < 1.29 is 14.3 Å². The number of methoxy groups -OCH3 is 1. The summed E-state index contributed by atoms with van der Waals surface area (Å²) in [6.45, 7) is 0. The van der Waals surface area contributed by atoms with Crippen molar-refractivity contribution in [2.24, 2.45) is 0 Å². The first-order chi connectivity index (χ1) is 7.20. The zero-order chi connectivity index (χ0) is 10.8. The van der Waals surface area contributed by atoms with Crippen molar-refractivity contribution in [1.82, 2.24) is 10.2 Å². The first-order valence-electron chi connectivity index (χ1n) is 4.13. The average Bonchev–Trinajstić information content (AvgIpc) is 2.64. The SMILES string of the molecule is COc1ccc(-c2n[nH]c(=S)o2)c(O)c1. The molecule has 0 radical (unpaired) electrons. The van der Waals surface area contributed by atoms with Crippen LogP contribution >= 0.6 is 12.2 Å². The number of phenols is 1. The second-order valence-electron chi connectivity index (χ2n) is 2.80. The number of aromatic nitrogens is 2. The van der Waals surface area contributed by atoms with Crippen molar-refractivity contribution in [3.8, 4) is 23.0 Å². The van der Waals surface area contributed by atoms with Crippen molar-refractivity contribution in [3.05, 3.63) is 23.0 Å². The lowest BCUT2D eigenvalue weighted by molar-refractivity contribution is 0.407. The van der Waals surface area contributed by atoms with E-state index in [1.165, 1.54) is 13.2 Å². The zero-order valence-corrected chi connectivity index (χ0v) is 8.67. The molecule has 0 aliphatic rings. The van der Waals surface area contributed by atoms with Crippen LogP contribution in [0.2, 0.25) is 0 Å². The standard InChI is InChI=1S/C9H8N2O3S/c1-13-5-2-3-6(7(12)4-5)8-10-11-9(15)14-8/h2-4,12H,1H3,(H,11,15). The number of hydrogen-bond acceptors (Lipinski definition) is 5. The first kappa shape index (κ1) is 9.72. The molecule has 2 aromatic rings. The highest BCUT2D eigenvalue weighted by molar-refractivity contribution is 7.71. The summed E-state index contributed by atoms with van der Waals surface area (Å²) >= 11 is 4.73. The van der Waals surface area contributed by atoms with Crippen molar-refractivity contribution in [2.45, 2.75) is 0 Å². The van der Waals surface area contributed by atoms with Crippen LogP contribution in [0.3, 0.4) is 0 Å². The highest BCUT2D eigenvalue weighted by Gasteiger charge is 2.10. The van der Waals surface area contributed by atoms with E-state index in [-0.39, 0.29) is 16.5 Å². The number of ether oxygens (including phenoxy) is 1. The molecule has 0 saturated heterocycles. The van der Waals surface area contributed by atoms with E-state index in [4.69, 9.17) is 21.4 Å². The van der Waals surface area contributed by atoms with E-state index in [9.17, 15) is 5.11 Å². The molecule has 1 aromatic heterocycles. The van der Waals surface area contributed by atoms with Gasteiger partial charge in [-0.1, -0.05) is 0 Å². The van der Waals surface area contributed by atoms with Gasteiger partial charge in [0.2, 0.25) is 5.89 Å². The topological polar surface area (TPSA) is 71.3 Å². The summed E-state index contributed by atoms with van der Waals surface area (Å²) in [6.07, 6.45) is 0. The largest absolute Gasteiger partial charge is 0.507 e. The molecule has 15 heavy (non-hydrogen) atoms. The van der Waals surface area contributed by atoms with Crippen LogP contribution in [0.1, 0.15) is 0 Å². The summed E-state index contributed by atoms with van der Waals surface area (Å²) in [5.41, 5.74) is 0.461. The Morgan fingerprint density at radius 3 is 2.87 bits per heavy atom. The maximum Gasteiger partial charge on any atom is 0.284 e. The van der Waals surface area contributed by atoms with Gasteiger partial charge in [-0.15, -0.1) is 5.10 Å². The third-order valence-electron chi connectivity index (χ3n) is 1.87. The Morgan fingerprint density at radius 2 is 2.33 bits per heavy atom. The van der Waals surface area contributed by atoms with Crippen LogP contribution in [0.15, 0.2) is 22.6 Å². The third kappa shape index (κ3) is 1.84. The van der Waals surface area contributed by atoms with Crippen molar-refractivity contribution >= 4 is 12.2 Å². The smallest absolute Gasteiger partial charge is 0.284 e. The van der Waals surface area contributed by atoms with Crippen molar-refractivity contribution in [1.29, 1.82) is 0 Å². The fraction of sp³-hybridized carbons (Fsp3) is 0.111. The minimum absolute atomic E-state index is 0.0274. The van der Waals surface area contributed by atoms with Gasteiger partial charge in [-0.05, 0) is 24.4 Å². The van der Waals surface area contributed by atoms with Crippen LogP contribution < -0.4 is 4.74 Å². The monoisotopic (exact) mass is 224 g/mol. The quantitative estimate of drug-likeness (QED) is 0.764. The third-order valence-corrected chi connectivity index (χ3v) is 2.05. The van der Waals surface area contributed by atoms with Gasteiger partial charge in [0.05, 0.1) is 12.7 Å². The molecule has 0 bridgehead atoms. The van der Waals surface area contributed by atoms with Gasteiger partial charge >= 0.3 is 0 Å². The molecule has 0 aliphatic heterocycles. The van der Waals surface area contributed by atoms with E-state index < -0.39 is 0 Å². The van der Waals surface area contributed by atoms with Gasteiger partial charge in [0.25, 0.3) is 4.84 Å². The van der Waals surface area contributed by atoms with Gasteiger partial charge in [-0.3, -0.25) is 0 Å². The number of rotatable bonds is 2. The Hall–Kier alpha value is -1.82. The highest BCUT2D eigenvalue weighted by atomic mass is 32.1. The fourth-order valence-electron chi connectivity index (χ4n) is 1.16. The molecule has 0 spiro atoms. The van der Waals surface area contributed by atoms with Gasteiger partial charge in [0.15, 0.2) is 0 Å². The van der Waals surface area contributed by atoms with Crippen LogP contribution in [0, 0.1) is 4.84 Å². The van der Waals surface area contributed by atoms with Crippen LogP contribution in [0.4, 0.5) is 0 Å². The van der Waals surface area contributed by atoms with Crippen molar-refractivity contribution in [3.63, 3.8) is 0 Å². The van der Waals surface area contributed by atoms with Crippen LogP contribution in [-0.2, 0) is 0 Å². The van der Waals surface area contributed by atoms with E-state index in [1.54, 1.807) is 12.1 Å². The molecule has 1 aromatic carbocycles. The Morgan fingerprint density at radius 1 is 1.53 bits per heavy atom. The lowest BCUT2D eigenvalue weighted by Crippen LogP contribution is -1.84. The number of aromatic hydroxyl groups is 1. The van der Waals surface area contributed by atoms with Crippen LogP contribution in [0.25, 0.3) is 11.5 Å². The maximum atomic E-state index is 9.66. The minimum Gasteiger partial charge on any atom is -0.507 e. The van der Waals surface area contributed by atoms with Gasteiger partial charge < -0.3 is 14.3 Å². The molecule has 0 amide bonds. The Balaban J connectivity index is 2.49. The molecule has 5 nitrogen and oxygen atoms in total. The summed E-state index contributed by atoms with van der Waals surface area (Å²) in [7, 11) is 1.52. The number of H-pyrrole nitrogens is 1. The molecular weight excluding hydrogens is 216 g/mol. The van der Waals surface area contributed by atoms with E-state index in [0.717, 1.165) is 0 Å². The molecule has 0 unspecified atom stereocenters. The molecule has 0 fully saturated rings. The van der Waals surface area contributed by atoms with Gasteiger partial charge in [0.1, 0.15) is 11.5 Å². The second kappa shape index (κ2) is 3.74. The number of aromatic amines is 1. The predicted molar refractivity (Wildman–Crippen MR) is 55.3 cm³/mol. The lowest BCUT2D eigenvalue weighted by Gasteiger charge is -2.02. The zero-order valence-electron chi connectivity index (χ0n) is 7.85. The van der Waals surface area contributed by atoms with Gasteiger partial charge in [-0.25, -0.2) is 5.10 Å². The summed E-state index contributed by atoms with van der Waals surface area (Å²) in [6, 6.07) is 4.81. The lowest BCUT2D eigenvalue weighted by atomic mass is 10.2.